The van der Waals surface area contributed by atoms with E-state index in [-0.39, 0.29) is 5.97 Å². The molecule has 4 heteroatoms. The summed E-state index contributed by atoms with van der Waals surface area (Å²) >= 11 is 0. The van der Waals surface area contributed by atoms with Crippen LogP contribution in [-0.2, 0) is 15.1 Å². The number of likely N-dealkylation sites (N-methyl/N-ethyl adjacent to an activating group) is 1. The number of nitrogens with two attached hydrogens (primary N) is 1. The molecule has 1 saturated carbocycles. The van der Waals surface area contributed by atoms with E-state index in [1.807, 2.05) is 37.4 Å². The summed E-state index contributed by atoms with van der Waals surface area (Å²) in [6.07, 6.45) is 3.63. The predicted octanol–water partition coefficient (Wildman–Crippen LogP) is 1.89. The molecule has 0 amide bonds. The Kier molecular flexibility index (Phi) is 4.78. The molecule has 1 atom stereocenters. The van der Waals surface area contributed by atoms with Crippen molar-refractivity contribution in [3.05, 3.63) is 35.9 Å². The van der Waals surface area contributed by atoms with Crippen molar-refractivity contribution in [2.75, 3.05) is 20.2 Å². The van der Waals surface area contributed by atoms with Crippen LogP contribution in [0.5, 0.6) is 0 Å². The predicted molar refractivity (Wildman–Crippen MR) is 79.2 cm³/mol. The molecule has 1 aromatic rings. The zero-order valence-electron chi connectivity index (χ0n) is 12.3. The Morgan fingerprint density at radius 1 is 1.40 bits per heavy atom. The third-order valence-corrected chi connectivity index (χ3v) is 4.13. The lowest BCUT2D eigenvalue weighted by atomic mass is 9.87. The van der Waals surface area contributed by atoms with Crippen LogP contribution in [0.25, 0.3) is 0 Å². The Bertz CT molecular complexity index is 445. The van der Waals surface area contributed by atoms with Crippen LogP contribution in [0.15, 0.2) is 30.3 Å². The smallest absolute Gasteiger partial charge is 0.332 e. The van der Waals surface area contributed by atoms with Gasteiger partial charge in [-0.05, 0) is 32.4 Å². The second-order valence-electron chi connectivity index (χ2n) is 5.56. The van der Waals surface area contributed by atoms with E-state index in [1.165, 1.54) is 19.3 Å². The summed E-state index contributed by atoms with van der Waals surface area (Å²) in [5.74, 6) is -0.350. The van der Waals surface area contributed by atoms with E-state index < -0.39 is 5.54 Å². The fourth-order valence-electron chi connectivity index (χ4n) is 2.62. The molecule has 2 N–H and O–H groups in total. The molecule has 2 rings (SSSR count). The monoisotopic (exact) mass is 276 g/mol. The van der Waals surface area contributed by atoms with Gasteiger partial charge in [-0.2, -0.15) is 0 Å². The number of hydrogen-bond acceptors (Lipinski definition) is 4. The summed E-state index contributed by atoms with van der Waals surface area (Å²) in [6, 6.07) is 10.1. The molecular weight excluding hydrogens is 252 g/mol. The molecule has 0 aromatic heterocycles. The van der Waals surface area contributed by atoms with E-state index in [4.69, 9.17) is 10.5 Å². The Labute approximate surface area is 120 Å². The van der Waals surface area contributed by atoms with Gasteiger partial charge in [0.05, 0.1) is 6.61 Å². The van der Waals surface area contributed by atoms with E-state index in [1.54, 1.807) is 6.92 Å². The van der Waals surface area contributed by atoms with Crippen molar-refractivity contribution < 1.29 is 9.53 Å². The first-order valence-corrected chi connectivity index (χ1v) is 7.30. The maximum Gasteiger partial charge on any atom is 0.332 e. The maximum absolute atomic E-state index is 12.4. The molecule has 1 aromatic carbocycles. The van der Waals surface area contributed by atoms with E-state index >= 15 is 0 Å². The van der Waals surface area contributed by atoms with Gasteiger partial charge in [-0.1, -0.05) is 36.8 Å². The Hall–Kier alpha value is -1.39. The minimum Gasteiger partial charge on any atom is -0.464 e. The molecule has 1 unspecified atom stereocenters. The second kappa shape index (κ2) is 6.37. The van der Waals surface area contributed by atoms with E-state index in [0.29, 0.717) is 19.2 Å². The van der Waals surface area contributed by atoms with Gasteiger partial charge in [-0.25, -0.2) is 4.79 Å². The highest BCUT2D eigenvalue weighted by molar-refractivity contribution is 5.82. The van der Waals surface area contributed by atoms with Crippen LogP contribution in [0.3, 0.4) is 0 Å². The molecule has 20 heavy (non-hydrogen) atoms. The first-order valence-electron chi connectivity index (χ1n) is 7.30. The summed E-state index contributed by atoms with van der Waals surface area (Å²) < 4.78 is 5.20. The van der Waals surface area contributed by atoms with Crippen LogP contribution in [0.4, 0.5) is 0 Å². The van der Waals surface area contributed by atoms with Crippen molar-refractivity contribution in [2.24, 2.45) is 5.73 Å². The van der Waals surface area contributed by atoms with Gasteiger partial charge in [-0.15, -0.1) is 0 Å². The highest BCUT2D eigenvalue weighted by Crippen LogP contribution is 2.28. The average Bonchev–Trinajstić information content (AvgIpc) is 2.37. The van der Waals surface area contributed by atoms with Crippen LogP contribution < -0.4 is 5.73 Å². The van der Waals surface area contributed by atoms with Gasteiger partial charge in [0.1, 0.15) is 0 Å². The summed E-state index contributed by atoms with van der Waals surface area (Å²) in [5, 5.41) is 0. The van der Waals surface area contributed by atoms with Crippen molar-refractivity contribution in [2.45, 2.75) is 37.8 Å². The SMILES string of the molecule is CCOC(=O)C(N)(CN(C)C1CCC1)c1ccccc1. The van der Waals surface area contributed by atoms with Crippen LogP contribution in [0, 0.1) is 0 Å². The summed E-state index contributed by atoms with van der Waals surface area (Å²) in [4.78, 5) is 14.5. The van der Waals surface area contributed by atoms with Crippen LogP contribution in [-0.4, -0.2) is 37.1 Å². The normalized spacial score (nSPS) is 18.4. The average molecular weight is 276 g/mol. The van der Waals surface area contributed by atoms with Crippen LogP contribution in [0.1, 0.15) is 31.7 Å². The lowest BCUT2D eigenvalue weighted by molar-refractivity contribution is -0.151. The number of ether oxygens (including phenoxy) is 1. The Morgan fingerprint density at radius 2 is 2.05 bits per heavy atom. The molecule has 0 bridgehead atoms. The standard InChI is InChI=1S/C16H24N2O2/c1-3-20-15(19)16(17,13-8-5-4-6-9-13)12-18(2)14-10-7-11-14/h4-6,8-9,14H,3,7,10-12,17H2,1-2H3. The lowest BCUT2D eigenvalue weighted by Crippen LogP contribution is -2.56. The topological polar surface area (TPSA) is 55.6 Å². The zero-order valence-corrected chi connectivity index (χ0v) is 12.3. The highest BCUT2D eigenvalue weighted by atomic mass is 16.5. The third-order valence-electron chi connectivity index (χ3n) is 4.13. The molecule has 4 nitrogen and oxygen atoms in total. The van der Waals surface area contributed by atoms with Gasteiger partial charge in [-0.3, -0.25) is 0 Å². The third kappa shape index (κ3) is 3.02. The molecular formula is C16H24N2O2. The van der Waals surface area contributed by atoms with E-state index in [9.17, 15) is 4.79 Å². The molecule has 1 aliphatic carbocycles. The fourth-order valence-corrected chi connectivity index (χ4v) is 2.62. The van der Waals surface area contributed by atoms with Crippen molar-refractivity contribution in [1.82, 2.24) is 4.90 Å². The number of esters is 1. The number of benzene rings is 1. The van der Waals surface area contributed by atoms with Gasteiger partial charge in [0.15, 0.2) is 5.54 Å². The zero-order chi connectivity index (χ0) is 14.6. The van der Waals surface area contributed by atoms with Gasteiger partial charge < -0.3 is 15.4 Å². The first kappa shape index (κ1) is 15.0. The molecule has 0 heterocycles. The second-order valence-corrected chi connectivity index (χ2v) is 5.56. The van der Waals surface area contributed by atoms with Crippen molar-refractivity contribution in [3.63, 3.8) is 0 Å². The fraction of sp³-hybridized carbons (Fsp3) is 0.562. The Morgan fingerprint density at radius 3 is 2.55 bits per heavy atom. The number of hydrogen-bond donors (Lipinski definition) is 1. The number of carbonyl (C=O) groups is 1. The van der Waals surface area contributed by atoms with Gasteiger partial charge >= 0.3 is 5.97 Å². The molecule has 0 spiro atoms. The largest absolute Gasteiger partial charge is 0.464 e. The van der Waals surface area contributed by atoms with Gasteiger partial charge in [0, 0.05) is 12.6 Å². The summed E-state index contributed by atoms with van der Waals surface area (Å²) in [5.41, 5.74) is 6.16. The number of rotatable bonds is 6. The summed E-state index contributed by atoms with van der Waals surface area (Å²) in [6.45, 7) is 2.64. The quantitative estimate of drug-likeness (QED) is 0.806. The lowest BCUT2D eigenvalue weighted by Gasteiger charge is -2.39. The molecule has 110 valence electrons. The maximum atomic E-state index is 12.4. The number of nitrogens with zero attached hydrogens (tertiary/aromatic N) is 1. The molecule has 1 aliphatic rings. The minimum atomic E-state index is -1.10. The highest BCUT2D eigenvalue weighted by Gasteiger charge is 2.40. The van der Waals surface area contributed by atoms with E-state index in [2.05, 4.69) is 4.90 Å². The van der Waals surface area contributed by atoms with Gasteiger partial charge in [0.2, 0.25) is 0 Å². The Balaban J connectivity index is 2.21. The molecule has 1 fully saturated rings. The van der Waals surface area contributed by atoms with Gasteiger partial charge in [0.25, 0.3) is 0 Å². The molecule has 0 saturated heterocycles. The van der Waals surface area contributed by atoms with Crippen molar-refractivity contribution in [1.29, 1.82) is 0 Å². The van der Waals surface area contributed by atoms with Crippen molar-refractivity contribution >= 4 is 5.97 Å². The number of carbonyl (C=O) groups excluding carboxylic acids is 1. The van der Waals surface area contributed by atoms with E-state index in [0.717, 1.165) is 5.56 Å². The van der Waals surface area contributed by atoms with Crippen LogP contribution >= 0.6 is 0 Å². The minimum absolute atomic E-state index is 0.345. The first-order chi connectivity index (χ1) is 9.58. The van der Waals surface area contributed by atoms with Crippen LogP contribution in [0.2, 0.25) is 0 Å². The molecule has 0 aliphatic heterocycles. The molecule has 0 radical (unpaired) electrons. The van der Waals surface area contributed by atoms with Crippen molar-refractivity contribution in [3.8, 4) is 0 Å². The summed E-state index contributed by atoms with van der Waals surface area (Å²) in [7, 11) is 2.04.